The maximum atomic E-state index is 12.4. The smallest absolute Gasteiger partial charge is 0.280 e. The minimum absolute atomic E-state index is 0.0368. The molecule has 2 rings (SSSR count). The molecule has 0 saturated heterocycles. The van der Waals surface area contributed by atoms with Gasteiger partial charge in [0.1, 0.15) is 11.5 Å². The summed E-state index contributed by atoms with van der Waals surface area (Å²) < 4.78 is 10.8. The van der Waals surface area contributed by atoms with Gasteiger partial charge in [-0.25, -0.2) is 4.89 Å². The third kappa shape index (κ3) is 7.57. The average molecular weight is 478 g/mol. The van der Waals surface area contributed by atoms with Gasteiger partial charge in [0.05, 0.1) is 29.8 Å². The molecule has 0 spiro atoms. The van der Waals surface area contributed by atoms with E-state index in [1.54, 1.807) is 44.4 Å². The molecule has 0 fully saturated rings. The van der Waals surface area contributed by atoms with Gasteiger partial charge in [0.15, 0.2) is 16.9 Å². The molecule has 10 nitrogen and oxygen atoms in total. The second kappa shape index (κ2) is 12.7. The summed E-state index contributed by atoms with van der Waals surface area (Å²) in [6.07, 6.45) is 0. The van der Waals surface area contributed by atoms with Gasteiger partial charge in [0.2, 0.25) is 0 Å². The predicted molar refractivity (Wildman–Crippen MR) is 126 cm³/mol. The van der Waals surface area contributed by atoms with Crippen LogP contribution in [0.4, 0.5) is 0 Å². The number of hydrogen-bond donors (Lipinski definition) is 3. The van der Waals surface area contributed by atoms with Crippen LogP contribution in [0, 0.1) is 0 Å². The van der Waals surface area contributed by atoms with Crippen molar-refractivity contribution in [1.29, 1.82) is 0 Å². The van der Waals surface area contributed by atoms with E-state index in [0.29, 0.717) is 27.1 Å². The molecule has 0 unspecified atom stereocenters. The molecule has 0 heterocycles. The van der Waals surface area contributed by atoms with Gasteiger partial charge < -0.3 is 21.5 Å². The van der Waals surface area contributed by atoms with Crippen molar-refractivity contribution in [1.82, 2.24) is 5.32 Å². The Morgan fingerprint density at radius 3 is 2.38 bits per heavy atom. The average Bonchev–Trinajstić information content (AvgIpc) is 2.78. The number of Topliss-reactive ketones (excluding diaryl/α,β-unsaturated/α-hetero) is 1. The first-order chi connectivity index (χ1) is 15.4. The standard InChI is InChI=1S/C20H23N5O5S2/c1-23-20(24-2)31-11-15(26)12-4-7-14(8-5-12)29-16-9-6-13(18(27)25-19(21)22)10-17(16)32-30-28-3/h4-10H,11H2,1-3H3,(H,23,24)(H4,21,22,25,27). The minimum atomic E-state index is -0.605. The molecule has 0 aliphatic carbocycles. The molecule has 170 valence electrons. The lowest BCUT2D eigenvalue weighted by atomic mass is 10.1. The Bertz CT molecular complexity index is 1010. The SMILES string of the molecule is CN=C(NC)SCC(=O)c1ccc(Oc2ccc(C(=O)N=C(N)N)cc2SOOC)cc1. The minimum Gasteiger partial charge on any atom is -0.456 e. The number of rotatable bonds is 9. The number of carbonyl (C=O) groups is 2. The summed E-state index contributed by atoms with van der Waals surface area (Å²) in [5.74, 6) is 0.170. The molecule has 0 aliphatic rings. The zero-order chi connectivity index (χ0) is 23.5. The summed E-state index contributed by atoms with van der Waals surface area (Å²) in [7, 11) is 4.75. The number of amidine groups is 1. The van der Waals surface area contributed by atoms with Crippen LogP contribution in [-0.4, -0.2) is 49.8 Å². The molecule has 32 heavy (non-hydrogen) atoms. The van der Waals surface area contributed by atoms with Gasteiger partial charge in [-0.05, 0) is 42.5 Å². The number of ketones is 1. The summed E-state index contributed by atoms with van der Waals surface area (Å²) in [4.78, 5) is 37.0. The first-order valence-electron chi connectivity index (χ1n) is 9.11. The number of nitrogens with zero attached hydrogens (tertiary/aromatic N) is 2. The highest BCUT2D eigenvalue weighted by Crippen LogP contribution is 2.34. The Morgan fingerprint density at radius 2 is 1.78 bits per heavy atom. The number of guanidine groups is 1. The van der Waals surface area contributed by atoms with Crippen molar-refractivity contribution < 1.29 is 23.5 Å². The fraction of sp³-hybridized carbons (Fsp3) is 0.200. The Balaban J connectivity index is 2.16. The van der Waals surface area contributed by atoms with Crippen molar-refractivity contribution in [3.63, 3.8) is 0 Å². The van der Waals surface area contributed by atoms with E-state index in [2.05, 4.69) is 20.2 Å². The summed E-state index contributed by atoms with van der Waals surface area (Å²) in [5, 5.41) is 3.60. The Hall–Kier alpha value is -3.06. The predicted octanol–water partition coefficient (Wildman–Crippen LogP) is 2.60. The Labute approximate surface area is 193 Å². The van der Waals surface area contributed by atoms with Crippen molar-refractivity contribution >= 4 is 46.6 Å². The molecule has 0 radical (unpaired) electrons. The summed E-state index contributed by atoms with van der Waals surface area (Å²) in [6.45, 7) is 0. The second-order valence-corrected chi connectivity index (χ2v) is 7.65. The molecule has 0 atom stereocenters. The number of hydrogen-bond acceptors (Lipinski definition) is 8. The molecular formula is C20H23N5O5S2. The topological polar surface area (TPSA) is 151 Å². The molecule has 5 N–H and O–H groups in total. The summed E-state index contributed by atoms with van der Waals surface area (Å²) in [6, 6.07) is 11.3. The monoisotopic (exact) mass is 477 g/mol. The van der Waals surface area contributed by atoms with Crippen molar-refractivity contribution in [3.8, 4) is 11.5 Å². The Morgan fingerprint density at radius 1 is 1.09 bits per heavy atom. The van der Waals surface area contributed by atoms with Gasteiger partial charge in [-0.2, -0.15) is 9.33 Å². The third-order valence-electron chi connectivity index (χ3n) is 3.77. The number of thioether (sulfide) groups is 1. The molecule has 2 aromatic rings. The molecular weight excluding hydrogens is 454 g/mol. The normalized spacial score (nSPS) is 11.0. The lowest BCUT2D eigenvalue weighted by molar-refractivity contribution is -0.160. The first kappa shape index (κ1) is 25.2. The quantitative estimate of drug-likeness (QED) is 0.123. The lowest BCUT2D eigenvalue weighted by Crippen LogP contribution is -2.24. The van der Waals surface area contributed by atoms with E-state index in [4.69, 9.17) is 20.5 Å². The fourth-order valence-electron chi connectivity index (χ4n) is 2.34. The van der Waals surface area contributed by atoms with Gasteiger partial charge in [-0.1, -0.05) is 11.8 Å². The van der Waals surface area contributed by atoms with Gasteiger partial charge in [0.25, 0.3) is 5.91 Å². The van der Waals surface area contributed by atoms with Gasteiger partial charge in [-0.15, -0.1) is 0 Å². The van der Waals surface area contributed by atoms with E-state index in [9.17, 15) is 9.59 Å². The van der Waals surface area contributed by atoms with Crippen LogP contribution in [0.15, 0.2) is 57.3 Å². The van der Waals surface area contributed by atoms with E-state index in [1.165, 1.54) is 31.0 Å². The van der Waals surface area contributed by atoms with E-state index in [-0.39, 0.29) is 23.1 Å². The van der Waals surface area contributed by atoms with E-state index in [0.717, 1.165) is 12.0 Å². The molecule has 1 amide bonds. The maximum Gasteiger partial charge on any atom is 0.280 e. The van der Waals surface area contributed by atoms with Crippen LogP contribution in [0.5, 0.6) is 11.5 Å². The number of amides is 1. The zero-order valence-electron chi connectivity index (χ0n) is 17.7. The number of ether oxygens (including phenoxy) is 1. The Kier molecular flexibility index (Phi) is 10.0. The maximum absolute atomic E-state index is 12.4. The number of nitrogens with two attached hydrogens (primary N) is 2. The first-order valence-corrected chi connectivity index (χ1v) is 10.8. The van der Waals surface area contributed by atoms with Crippen LogP contribution < -0.4 is 21.5 Å². The molecule has 12 heteroatoms. The number of aliphatic imine (C=N–C) groups is 2. The summed E-state index contributed by atoms with van der Waals surface area (Å²) >= 11 is 2.18. The molecule has 0 saturated carbocycles. The van der Waals surface area contributed by atoms with Crippen LogP contribution in [0.3, 0.4) is 0 Å². The van der Waals surface area contributed by atoms with Crippen LogP contribution in [-0.2, 0) is 9.22 Å². The fourth-order valence-corrected chi connectivity index (χ4v) is 3.56. The van der Waals surface area contributed by atoms with Crippen LogP contribution >= 0.6 is 23.8 Å². The largest absolute Gasteiger partial charge is 0.456 e. The lowest BCUT2D eigenvalue weighted by Gasteiger charge is -2.11. The van der Waals surface area contributed by atoms with E-state index in [1.807, 2.05) is 0 Å². The molecule has 0 aromatic heterocycles. The van der Waals surface area contributed by atoms with Crippen LogP contribution in [0.1, 0.15) is 20.7 Å². The highest BCUT2D eigenvalue weighted by Gasteiger charge is 2.14. The third-order valence-corrected chi connectivity index (χ3v) is 5.54. The highest BCUT2D eigenvalue weighted by molar-refractivity contribution is 8.14. The van der Waals surface area contributed by atoms with E-state index >= 15 is 0 Å². The van der Waals surface area contributed by atoms with Crippen LogP contribution in [0.25, 0.3) is 0 Å². The van der Waals surface area contributed by atoms with Crippen molar-refractivity contribution in [2.24, 2.45) is 21.5 Å². The van der Waals surface area contributed by atoms with Gasteiger partial charge in [0, 0.05) is 25.2 Å². The van der Waals surface area contributed by atoms with Gasteiger partial charge >= 0.3 is 0 Å². The molecule has 0 aliphatic heterocycles. The number of nitrogens with one attached hydrogen (secondary N) is 1. The summed E-state index contributed by atoms with van der Waals surface area (Å²) in [5.41, 5.74) is 11.3. The van der Waals surface area contributed by atoms with Crippen molar-refractivity contribution in [3.05, 3.63) is 53.6 Å². The number of carbonyl (C=O) groups excluding carboxylic acids is 2. The second-order valence-electron chi connectivity index (χ2n) is 5.94. The van der Waals surface area contributed by atoms with Crippen molar-refractivity contribution in [2.75, 3.05) is 27.0 Å². The van der Waals surface area contributed by atoms with Crippen LogP contribution in [0.2, 0.25) is 0 Å². The van der Waals surface area contributed by atoms with Crippen molar-refractivity contribution in [2.45, 2.75) is 4.90 Å². The molecule has 0 bridgehead atoms. The van der Waals surface area contributed by atoms with E-state index < -0.39 is 5.91 Å². The number of benzene rings is 2. The highest BCUT2D eigenvalue weighted by atomic mass is 32.2. The zero-order valence-corrected chi connectivity index (χ0v) is 19.3. The van der Waals surface area contributed by atoms with Gasteiger partial charge in [-0.3, -0.25) is 14.6 Å². The molecule has 2 aromatic carbocycles.